The number of hydrogen-bond donors (Lipinski definition) is 1. The molecule has 0 fully saturated rings. The molecule has 1 atom stereocenters. The van der Waals surface area contributed by atoms with Gasteiger partial charge in [-0.3, -0.25) is 4.40 Å². The second-order valence-corrected chi connectivity index (χ2v) is 9.69. The van der Waals surface area contributed by atoms with Gasteiger partial charge in [0, 0.05) is 5.75 Å². The largest absolute Gasteiger partial charge is 0.491 e. The minimum absolute atomic E-state index is 0.0105. The topological polar surface area (TPSA) is 59.7 Å². The number of aromatic nitrogens is 3. The van der Waals surface area contributed by atoms with E-state index < -0.39 is 6.10 Å². The van der Waals surface area contributed by atoms with E-state index >= 15 is 0 Å². The van der Waals surface area contributed by atoms with Crippen molar-refractivity contribution < 1.29 is 9.84 Å². The van der Waals surface area contributed by atoms with Gasteiger partial charge in [0.15, 0.2) is 5.16 Å². The van der Waals surface area contributed by atoms with E-state index in [2.05, 4.69) is 49.2 Å². The highest BCUT2D eigenvalue weighted by atomic mass is 32.2. The summed E-state index contributed by atoms with van der Waals surface area (Å²) in [5.74, 6) is 1.32. The Balaban J connectivity index is 1.42. The zero-order valence-electron chi connectivity index (χ0n) is 16.1. The molecule has 0 aliphatic carbocycles. The van der Waals surface area contributed by atoms with Gasteiger partial charge in [0.2, 0.25) is 4.96 Å². The summed E-state index contributed by atoms with van der Waals surface area (Å²) in [6, 6.07) is 16.2. The van der Waals surface area contributed by atoms with Gasteiger partial charge >= 0.3 is 0 Å². The van der Waals surface area contributed by atoms with E-state index in [4.69, 9.17) is 4.74 Å². The summed E-state index contributed by atoms with van der Waals surface area (Å²) in [6.45, 7) is 6.71. The molecule has 0 bridgehead atoms. The number of hydrogen-bond acceptors (Lipinski definition) is 6. The molecule has 4 rings (SSSR count). The van der Waals surface area contributed by atoms with E-state index in [1.54, 1.807) is 11.3 Å². The molecule has 4 aromatic rings. The van der Waals surface area contributed by atoms with Gasteiger partial charge < -0.3 is 9.84 Å². The second kappa shape index (κ2) is 7.73. The van der Waals surface area contributed by atoms with Crippen molar-refractivity contribution in [2.24, 2.45) is 0 Å². The summed E-state index contributed by atoms with van der Waals surface area (Å²) in [4.78, 5) is 0.869. The quantitative estimate of drug-likeness (QED) is 0.461. The summed E-state index contributed by atoms with van der Waals surface area (Å²) in [5.41, 5.74) is 2.22. The highest BCUT2D eigenvalue weighted by Crippen LogP contribution is 2.32. The fourth-order valence-corrected chi connectivity index (χ4v) is 4.94. The van der Waals surface area contributed by atoms with E-state index in [9.17, 15) is 5.11 Å². The number of rotatable bonds is 6. The molecule has 5 nitrogen and oxygen atoms in total. The van der Waals surface area contributed by atoms with Crippen LogP contribution in [0, 0.1) is 0 Å². The molecule has 1 unspecified atom stereocenters. The second-order valence-electron chi connectivity index (χ2n) is 7.69. The standard InChI is InChI=1S/C21H23N3O2S2/c1-21(2,3)15-8-4-6-10-17(15)26-12-14(25)13-27-19-22-23-20-24(19)16-9-5-7-11-18(16)28-20/h4-11,14,25H,12-13H2,1-3H3. The lowest BCUT2D eigenvalue weighted by molar-refractivity contribution is 0.125. The summed E-state index contributed by atoms with van der Waals surface area (Å²) in [6.07, 6.45) is -0.602. The summed E-state index contributed by atoms with van der Waals surface area (Å²) in [5, 5.41) is 19.8. The summed E-state index contributed by atoms with van der Waals surface area (Å²) >= 11 is 3.11. The maximum Gasteiger partial charge on any atom is 0.217 e. The third-order valence-corrected chi connectivity index (χ3v) is 6.53. The average Bonchev–Trinajstić information content (AvgIpc) is 3.23. The van der Waals surface area contributed by atoms with Gasteiger partial charge in [-0.2, -0.15) is 0 Å². The molecule has 2 heterocycles. The minimum atomic E-state index is -0.602. The van der Waals surface area contributed by atoms with Crippen LogP contribution in [0.2, 0.25) is 0 Å². The van der Waals surface area contributed by atoms with Crippen LogP contribution in [0.5, 0.6) is 5.75 Å². The van der Waals surface area contributed by atoms with Crippen LogP contribution in [-0.4, -0.2) is 38.2 Å². The Morgan fingerprint density at radius 1 is 1.11 bits per heavy atom. The normalized spacial score (nSPS) is 13.3. The van der Waals surface area contributed by atoms with E-state index in [0.717, 1.165) is 26.9 Å². The van der Waals surface area contributed by atoms with Crippen molar-refractivity contribution in [3.05, 3.63) is 54.1 Å². The van der Waals surface area contributed by atoms with E-state index in [1.807, 2.05) is 34.7 Å². The number of nitrogens with zero attached hydrogens (tertiary/aromatic N) is 3. The lowest BCUT2D eigenvalue weighted by Gasteiger charge is -2.23. The Bertz CT molecular complexity index is 1100. The molecule has 2 aromatic heterocycles. The van der Waals surface area contributed by atoms with Gasteiger partial charge in [-0.15, -0.1) is 10.2 Å². The van der Waals surface area contributed by atoms with Gasteiger partial charge in [-0.1, -0.05) is 74.2 Å². The third kappa shape index (κ3) is 3.87. The van der Waals surface area contributed by atoms with Gasteiger partial charge in [-0.25, -0.2) is 0 Å². The molecule has 1 N–H and O–H groups in total. The first-order valence-electron chi connectivity index (χ1n) is 9.19. The highest BCUT2D eigenvalue weighted by Gasteiger charge is 2.19. The Kier molecular flexibility index (Phi) is 5.31. The highest BCUT2D eigenvalue weighted by molar-refractivity contribution is 7.99. The first-order valence-corrected chi connectivity index (χ1v) is 11.0. The van der Waals surface area contributed by atoms with E-state index in [-0.39, 0.29) is 12.0 Å². The first-order chi connectivity index (χ1) is 13.4. The fraction of sp³-hybridized carbons (Fsp3) is 0.333. The maximum absolute atomic E-state index is 10.4. The molecule has 0 aliphatic rings. The zero-order chi connectivity index (χ0) is 19.7. The van der Waals surface area contributed by atoms with Crippen LogP contribution in [0.15, 0.2) is 53.7 Å². The SMILES string of the molecule is CC(C)(C)c1ccccc1OCC(O)CSc1nnc2sc3ccccc3n12. The van der Waals surface area contributed by atoms with Crippen LogP contribution in [0.3, 0.4) is 0 Å². The molecule has 0 spiro atoms. The minimum Gasteiger partial charge on any atom is -0.491 e. The van der Waals surface area contributed by atoms with Crippen molar-refractivity contribution in [2.45, 2.75) is 37.4 Å². The molecule has 7 heteroatoms. The predicted molar refractivity (Wildman–Crippen MR) is 116 cm³/mol. The number of fused-ring (bicyclic) bond motifs is 3. The van der Waals surface area contributed by atoms with Gasteiger partial charge in [0.05, 0.1) is 16.3 Å². The van der Waals surface area contributed by atoms with Crippen molar-refractivity contribution in [1.82, 2.24) is 14.6 Å². The molecule has 0 saturated heterocycles. The molecule has 0 amide bonds. The van der Waals surface area contributed by atoms with E-state index in [0.29, 0.717) is 5.75 Å². The molecular formula is C21H23N3O2S2. The van der Waals surface area contributed by atoms with Crippen molar-refractivity contribution in [3.63, 3.8) is 0 Å². The number of ether oxygens (including phenoxy) is 1. The number of thioether (sulfide) groups is 1. The van der Waals surface area contributed by atoms with Crippen LogP contribution in [-0.2, 0) is 5.41 Å². The van der Waals surface area contributed by atoms with Gasteiger partial charge in [-0.05, 0) is 29.2 Å². The zero-order valence-corrected chi connectivity index (χ0v) is 17.8. The lowest BCUT2D eigenvalue weighted by Crippen LogP contribution is -2.22. The van der Waals surface area contributed by atoms with Crippen LogP contribution >= 0.6 is 23.1 Å². The number of aliphatic hydroxyl groups is 1. The first kappa shape index (κ1) is 19.2. The van der Waals surface area contributed by atoms with Crippen LogP contribution in [0.4, 0.5) is 0 Å². The number of benzene rings is 2. The number of aliphatic hydroxyl groups excluding tert-OH is 1. The molecule has 0 radical (unpaired) electrons. The molecule has 28 heavy (non-hydrogen) atoms. The smallest absolute Gasteiger partial charge is 0.217 e. The Morgan fingerprint density at radius 3 is 2.68 bits per heavy atom. The average molecular weight is 414 g/mol. The molecule has 146 valence electrons. The van der Waals surface area contributed by atoms with Crippen molar-refractivity contribution in [3.8, 4) is 5.75 Å². The van der Waals surface area contributed by atoms with Crippen molar-refractivity contribution >= 4 is 38.3 Å². The third-order valence-electron chi connectivity index (χ3n) is 4.44. The van der Waals surface area contributed by atoms with Crippen molar-refractivity contribution in [1.29, 1.82) is 0 Å². The monoisotopic (exact) mass is 413 g/mol. The molecule has 0 aliphatic heterocycles. The lowest BCUT2D eigenvalue weighted by atomic mass is 9.86. The predicted octanol–water partition coefficient (Wildman–Crippen LogP) is 4.77. The van der Waals surface area contributed by atoms with Gasteiger partial charge in [0.1, 0.15) is 12.4 Å². The fourth-order valence-electron chi connectivity index (χ4n) is 3.07. The summed E-state index contributed by atoms with van der Waals surface area (Å²) in [7, 11) is 0. The Hall–Kier alpha value is -2.09. The van der Waals surface area contributed by atoms with Crippen LogP contribution in [0.1, 0.15) is 26.3 Å². The van der Waals surface area contributed by atoms with E-state index in [1.165, 1.54) is 16.5 Å². The summed E-state index contributed by atoms with van der Waals surface area (Å²) < 4.78 is 9.16. The Morgan fingerprint density at radius 2 is 1.86 bits per heavy atom. The number of thiazole rings is 1. The Labute approximate surface area is 172 Å². The van der Waals surface area contributed by atoms with Crippen LogP contribution in [0.25, 0.3) is 15.2 Å². The molecule has 0 saturated carbocycles. The maximum atomic E-state index is 10.4. The van der Waals surface area contributed by atoms with Crippen molar-refractivity contribution in [2.75, 3.05) is 12.4 Å². The molecular weight excluding hydrogens is 390 g/mol. The van der Waals surface area contributed by atoms with Gasteiger partial charge in [0.25, 0.3) is 0 Å². The van der Waals surface area contributed by atoms with Crippen LogP contribution < -0.4 is 4.74 Å². The number of para-hydroxylation sites is 2. The molecule has 2 aromatic carbocycles.